The molecule has 0 aliphatic carbocycles. The Morgan fingerprint density at radius 2 is 1.07 bits per heavy atom. The topological polar surface area (TPSA) is 128 Å². The predicted molar refractivity (Wildman–Crippen MR) is 153 cm³/mol. The summed E-state index contributed by atoms with van der Waals surface area (Å²) in [4.78, 5) is 40.4. The van der Waals surface area contributed by atoms with Crippen molar-refractivity contribution in [3.05, 3.63) is 72.3 Å². The summed E-state index contributed by atoms with van der Waals surface area (Å²) in [7, 11) is 0. The SMILES string of the molecule is CSc1ccc(OCCCc2cnc(OC(=O)C(=O)Oc3ncc(CCCOc4ccc(SC)cc4)[nH]3)[nH]2)cc1. The molecule has 0 fully saturated rings. The number of nitrogens with zero attached hydrogens (tertiary/aromatic N) is 2. The number of carbonyl (C=O) groups excluding carboxylic acids is 2. The zero-order valence-electron chi connectivity index (χ0n) is 22.2. The van der Waals surface area contributed by atoms with E-state index in [-0.39, 0.29) is 12.0 Å². The second-order valence-electron chi connectivity index (χ2n) is 8.46. The number of benzene rings is 2. The van der Waals surface area contributed by atoms with Crippen LogP contribution in [0.15, 0.2) is 70.7 Å². The van der Waals surface area contributed by atoms with Gasteiger partial charge >= 0.3 is 24.0 Å². The summed E-state index contributed by atoms with van der Waals surface area (Å²) < 4.78 is 21.5. The molecule has 0 bridgehead atoms. The second-order valence-corrected chi connectivity index (χ2v) is 10.2. The first-order chi connectivity index (χ1) is 19.5. The first-order valence-corrected chi connectivity index (χ1v) is 15.0. The van der Waals surface area contributed by atoms with Gasteiger partial charge in [-0.05, 0) is 86.7 Å². The lowest BCUT2D eigenvalue weighted by Crippen LogP contribution is -2.26. The first-order valence-electron chi connectivity index (χ1n) is 12.6. The highest BCUT2D eigenvalue weighted by Gasteiger charge is 2.22. The number of aromatic nitrogens is 4. The molecule has 12 heteroatoms. The van der Waals surface area contributed by atoms with Gasteiger partial charge in [0.15, 0.2) is 0 Å². The lowest BCUT2D eigenvalue weighted by Gasteiger charge is -2.06. The van der Waals surface area contributed by atoms with Crippen molar-refractivity contribution in [1.29, 1.82) is 0 Å². The van der Waals surface area contributed by atoms with Crippen LogP contribution in [-0.4, -0.2) is 57.6 Å². The number of hydrogen-bond acceptors (Lipinski definition) is 10. The van der Waals surface area contributed by atoms with Crippen LogP contribution in [0.5, 0.6) is 23.5 Å². The van der Waals surface area contributed by atoms with E-state index in [2.05, 4.69) is 19.9 Å². The van der Waals surface area contributed by atoms with Gasteiger partial charge in [-0.1, -0.05) is 0 Å². The van der Waals surface area contributed by atoms with Crippen LogP contribution in [0.4, 0.5) is 0 Å². The summed E-state index contributed by atoms with van der Waals surface area (Å²) in [6.07, 6.45) is 9.84. The fourth-order valence-electron chi connectivity index (χ4n) is 3.54. The van der Waals surface area contributed by atoms with E-state index >= 15 is 0 Å². The minimum atomic E-state index is -1.21. The second kappa shape index (κ2) is 15.0. The Morgan fingerprint density at radius 1 is 0.675 bits per heavy atom. The summed E-state index contributed by atoms with van der Waals surface area (Å²) in [6.45, 7) is 1.03. The van der Waals surface area contributed by atoms with Gasteiger partial charge in [0, 0.05) is 21.2 Å². The summed E-state index contributed by atoms with van der Waals surface area (Å²) in [5.41, 5.74) is 1.49. The van der Waals surface area contributed by atoms with Crippen LogP contribution in [-0.2, 0) is 22.4 Å². The van der Waals surface area contributed by atoms with E-state index in [0.29, 0.717) is 26.1 Å². The van der Waals surface area contributed by atoms with E-state index in [1.807, 2.05) is 61.0 Å². The van der Waals surface area contributed by atoms with Crippen LogP contribution in [0.3, 0.4) is 0 Å². The number of aryl methyl sites for hydroxylation is 2. The van der Waals surface area contributed by atoms with E-state index in [4.69, 9.17) is 18.9 Å². The van der Waals surface area contributed by atoms with Crippen molar-refractivity contribution in [2.75, 3.05) is 25.7 Å². The molecular weight excluding hydrogens is 552 g/mol. The van der Waals surface area contributed by atoms with Gasteiger partial charge in [-0.2, -0.15) is 0 Å². The van der Waals surface area contributed by atoms with Crippen molar-refractivity contribution >= 4 is 35.5 Å². The van der Waals surface area contributed by atoms with Crippen LogP contribution in [0.2, 0.25) is 0 Å². The summed E-state index contributed by atoms with van der Waals surface area (Å²) in [6, 6.07) is 15.6. The molecule has 0 saturated heterocycles. The molecule has 0 spiro atoms. The van der Waals surface area contributed by atoms with Crippen molar-refractivity contribution in [1.82, 2.24) is 19.9 Å². The molecule has 10 nitrogen and oxygen atoms in total. The molecule has 0 amide bonds. The highest BCUT2D eigenvalue weighted by molar-refractivity contribution is 7.98. The number of imidazole rings is 2. The number of rotatable bonds is 14. The fourth-order valence-corrected chi connectivity index (χ4v) is 4.36. The molecule has 0 unspecified atom stereocenters. The number of thioether (sulfide) groups is 2. The molecule has 0 atom stereocenters. The van der Waals surface area contributed by atoms with Gasteiger partial charge < -0.3 is 28.9 Å². The summed E-state index contributed by atoms with van der Waals surface area (Å²) in [5.74, 6) is -0.810. The highest BCUT2D eigenvalue weighted by Crippen LogP contribution is 2.20. The van der Waals surface area contributed by atoms with Gasteiger partial charge in [-0.15, -0.1) is 23.5 Å². The van der Waals surface area contributed by atoms with Crippen molar-refractivity contribution in [2.24, 2.45) is 0 Å². The maximum atomic E-state index is 12.1. The number of aromatic amines is 2. The van der Waals surface area contributed by atoms with Gasteiger partial charge in [0.05, 0.1) is 25.6 Å². The maximum Gasteiger partial charge on any atom is 0.425 e. The zero-order valence-corrected chi connectivity index (χ0v) is 23.8. The number of esters is 2. The summed E-state index contributed by atoms with van der Waals surface area (Å²) in [5, 5.41) is 0. The smallest absolute Gasteiger partial charge is 0.425 e. The fraction of sp³-hybridized carbons (Fsp3) is 0.286. The van der Waals surface area contributed by atoms with E-state index in [1.54, 1.807) is 35.9 Å². The number of nitrogens with one attached hydrogen (secondary N) is 2. The van der Waals surface area contributed by atoms with Gasteiger partial charge in [0.2, 0.25) is 0 Å². The average Bonchev–Trinajstić information content (AvgIpc) is 3.63. The van der Waals surface area contributed by atoms with Gasteiger partial charge in [-0.3, -0.25) is 0 Å². The third-order valence-corrected chi connectivity index (χ3v) is 7.08. The minimum Gasteiger partial charge on any atom is -0.494 e. The highest BCUT2D eigenvalue weighted by atomic mass is 32.2. The first kappa shape index (κ1) is 29.1. The van der Waals surface area contributed by atoms with E-state index in [0.717, 1.165) is 35.7 Å². The molecule has 0 radical (unpaired) electrons. The number of H-pyrrole nitrogens is 2. The Hall–Kier alpha value is -3.90. The molecule has 4 rings (SSSR count). The van der Waals surface area contributed by atoms with Gasteiger partial charge in [0.25, 0.3) is 0 Å². The molecule has 2 N–H and O–H groups in total. The van der Waals surface area contributed by atoms with Crippen LogP contribution in [0, 0.1) is 0 Å². The van der Waals surface area contributed by atoms with E-state index in [1.165, 1.54) is 9.79 Å². The van der Waals surface area contributed by atoms with E-state index < -0.39 is 11.9 Å². The Kier molecular flexibility index (Phi) is 10.9. The Morgan fingerprint density at radius 3 is 1.45 bits per heavy atom. The van der Waals surface area contributed by atoms with Crippen molar-refractivity contribution in [3.8, 4) is 23.5 Å². The molecule has 0 aliphatic rings. The molecule has 4 aromatic rings. The van der Waals surface area contributed by atoms with Crippen LogP contribution in [0.25, 0.3) is 0 Å². The lowest BCUT2D eigenvalue weighted by molar-refractivity contribution is -0.156. The molecule has 2 heterocycles. The normalized spacial score (nSPS) is 10.8. The molecule has 0 saturated carbocycles. The Labute approximate surface area is 240 Å². The van der Waals surface area contributed by atoms with Crippen LogP contribution < -0.4 is 18.9 Å². The number of carbonyl (C=O) groups is 2. The molecule has 40 heavy (non-hydrogen) atoms. The molecule has 210 valence electrons. The van der Waals surface area contributed by atoms with Crippen LogP contribution in [0.1, 0.15) is 24.2 Å². The lowest BCUT2D eigenvalue weighted by atomic mass is 10.2. The van der Waals surface area contributed by atoms with E-state index in [9.17, 15) is 9.59 Å². The standard InChI is InChI=1S/C28H30N4O6S2/c1-39-23-11-7-21(8-12-23)35-15-3-5-19-17-29-27(31-19)37-25(33)26(34)38-28-30-18-20(32-28)6-4-16-36-22-9-13-24(40-2)14-10-22/h7-14,17-18H,3-6,15-16H2,1-2H3,(H,29,31)(H,30,32). The largest absolute Gasteiger partial charge is 0.494 e. The van der Waals surface area contributed by atoms with Gasteiger partial charge in [0.1, 0.15) is 11.5 Å². The predicted octanol–water partition coefficient (Wildman–Crippen LogP) is 5.11. The Balaban J connectivity index is 1.13. The van der Waals surface area contributed by atoms with Crippen molar-refractivity contribution in [3.63, 3.8) is 0 Å². The maximum absolute atomic E-state index is 12.1. The molecular formula is C28H30N4O6S2. The number of hydrogen-bond donors (Lipinski definition) is 2. The average molecular weight is 583 g/mol. The monoisotopic (exact) mass is 582 g/mol. The third-order valence-electron chi connectivity index (χ3n) is 5.59. The zero-order chi connectivity index (χ0) is 28.2. The summed E-state index contributed by atoms with van der Waals surface area (Å²) >= 11 is 3.35. The molecule has 2 aromatic heterocycles. The Bertz CT molecular complexity index is 1270. The van der Waals surface area contributed by atoms with Crippen molar-refractivity contribution in [2.45, 2.75) is 35.5 Å². The molecule has 2 aromatic carbocycles. The van der Waals surface area contributed by atoms with Crippen LogP contribution >= 0.6 is 23.5 Å². The van der Waals surface area contributed by atoms with Crippen molar-refractivity contribution < 1.29 is 28.5 Å². The third kappa shape index (κ3) is 9.09. The quantitative estimate of drug-likeness (QED) is 0.0896. The van der Waals surface area contributed by atoms with Gasteiger partial charge in [-0.25, -0.2) is 19.6 Å². The molecule has 0 aliphatic heterocycles. The number of ether oxygens (including phenoxy) is 4. The minimum absolute atomic E-state index is 0.0891.